The predicted molar refractivity (Wildman–Crippen MR) is 76.8 cm³/mol. The SMILES string of the molecule is C[C@H]1CNCCN1S(=O)(=O)c1cccc2cnc[c-]c12.[Y]. The van der Waals surface area contributed by atoms with Crippen LogP contribution >= 0.6 is 0 Å². The van der Waals surface area contributed by atoms with Crippen LogP contribution in [0.4, 0.5) is 0 Å². The third kappa shape index (κ3) is 3.20. The summed E-state index contributed by atoms with van der Waals surface area (Å²) in [5.74, 6) is 0. The van der Waals surface area contributed by atoms with Crippen molar-refractivity contribution in [2.75, 3.05) is 19.6 Å². The van der Waals surface area contributed by atoms with Crippen molar-refractivity contribution >= 4 is 20.8 Å². The molecule has 7 heteroatoms. The first-order chi connectivity index (χ1) is 9.60. The molecule has 0 unspecified atom stereocenters. The van der Waals surface area contributed by atoms with Crippen LogP contribution in [0.25, 0.3) is 10.8 Å². The van der Waals surface area contributed by atoms with Crippen molar-refractivity contribution in [2.45, 2.75) is 17.9 Å². The molecule has 1 N–H and O–H groups in total. The van der Waals surface area contributed by atoms with Gasteiger partial charge in [0, 0.05) is 58.4 Å². The minimum atomic E-state index is -3.50. The van der Waals surface area contributed by atoms with Gasteiger partial charge in [0.25, 0.3) is 0 Å². The van der Waals surface area contributed by atoms with E-state index >= 15 is 0 Å². The number of piperazine rings is 1. The second kappa shape index (κ2) is 6.79. The molecule has 1 aliphatic heterocycles. The summed E-state index contributed by atoms with van der Waals surface area (Å²) in [6.07, 6.45) is 3.16. The van der Waals surface area contributed by atoms with Crippen molar-refractivity contribution in [2.24, 2.45) is 0 Å². The van der Waals surface area contributed by atoms with Gasteiger partial charge in [-0.3, -0.25) is 4.98 Å². The summed E-state index contributed by atoms with van der Waals surface area (Å²) in [4.78, 5) is 4.30. The number of nitrogens with zero attached hydrogens (tertiary/aromatic N) is 2. The Morgan fingerprint density at radius 3 is 3.00 bits per heavy atom. The third-order valence-corrected chi connectivity index (χ3v) is 5.64. The molecule has 1 saturated heterocycles. The number of aromatic nitrogens is 1. The van der Waals surface area contributed by atoms with E-state index in [9.17, 15) is 8.42 Å². The second-order valence-electron chi connectivity index (χ2n) is 4.94. The smallest absolute Gasteiger partial charge is 0.197 e. The van der Waals surface area contributed by atoms with Gasteiger partial charge in [-0.2, -0.15) is 11.5 Å². The van der Waals surface area contributed by atoms with Gasteiger partial charge in [-0.1, -0.05) is 12.1 Å². The first-order valence-electron chi connectivity index (χ1n) is 6.57. The van der Waals surface area contributed by atoms with Gasteiger partial charge in [-0.05, 0) is 24.2 Å². The summed E-state index contributed by atoms with van der Waals surface area (Å²) in [7, 11) is -3.50. The largest absolute Gasteiger partial charge is 0.314 e. The maximum Gasteiger partial charge on any atom is 0.197 e. The Bertz CT molecular complexity index is 731. The van der Waals surface area contributed by atoms with Crippen LogP contribution in [0.2, 0.25) is 0 Å². The van der Waals surface area contributed by atoms with Gasteiger partial charge in [0.05, 0.1) is 0 Å². The fraction of sp³-hybridized carbons (Fsp3) is 0.357. The van der Waals surface area contributed by atoms with E-state index in [1.54, 1.807) is 22.6 Å². The van der Waals surface area contributed by atoms with Gasteiger partial charge >= 0.3 is 0 Å². The zero-order chi connectivity index (χ0) is 14.2. The van der Waals surface area contributed by atoms with Crippen LogP contribution in [-0.2, 0) is 42.7 Å². The van der Waals surface area contributed by atoms with Gasteiger partial charge in [0.2, 0.25) is 0 Å². The maximum absolute atomic E-state index is 12.9. The Morgan fingerprint density at radius 1 is 1.43 bits per heavy atom. The predicted octanol–water partition coefficient (Wildman–Crippen LogP) is 1.01. The molecule has 21 heavy (non-hydrogen) atoms. The topological polar surface area (TPSA) is 62.3 Å². The Hall–Kier alpha value is -0.396. The minimum Gasteiger partial charge on any atom is -0.314 e. The maximum atomic E-state index is 12.9. The molecule has 0 amide bonds. The fourth-order valence-corrected chi connectivity index (χ4v) is 4.37. The number of nitrogens with one attached hydrogen (secondary N) is 1. The first kappa shape index (κ1) is 17.0. The number of sulfonamides is 1. The molecular weight excluding hydrogens is 363 g/mol. The van der Waals surface area contributed by atoms with Gasteiger partial charge in [0.1, 0.15) is 0 Å². The van der Waals surface area contributed by atoms with Crippen LogP contribution in [0.15, 0.2) is 35.5 Å². The monoisotopic (exact) mass is 379 g/mol. The first-order valence-corrected chi connectivity index (χ1v) is 8.01. The summed E-state index contributed by atoms with van der Waals surface area (Å²) in [6.45, 7) is 3.76. The number of pyridine rings is 1. The quantitative estimate of drug-likeness (QED) is 0.792. The van der Waals surface area contributed by atoms with E-state index < -0.39 is 10.0 Å². The Kier molecular flexibility index (Phi) is 5.49. The molecule has 3 rings (SSSR count). The van der Waals surface area contributed by atoms with Crippen molar-refractivity contribution in [1.29, 1.82) is 0 Å². The summed E-state index contributed by atoms with van der Waals surface area (Å²) >= 11 is 0. The molecule has 0 bridgehead atoms. The molecule has 1 aromatic heterocycles. The van der Waals surface area contributed by atoms with E-state index in [2.05, 4.69) is 16.4 Å². The number of fused-ring (bicyclic) bond motifs is 1. The normalized spacial score (nSPS) is 20.1. The number of hydrogen-bond donors (Lipinski definition) is 1. The van der Waals surface area contributed by atoms with Crippen molar-refractivity contribution in [3.63, 3.8) is 0 Å². The van der Waals surface area contributed by atoms with E-state index in [-0.39, 0.29) is 38.8 Å². The molecular formula is C14H16N3O2SY-. The zero-order valence-electron chi connectivity index (χ0n) is 11.8. The van der Waals surface area contributed by atoms with Gasteiger partial charge in [0.15, 0.2) is 10.0 Å². The van der Waals surface area contributed by atoms with Gasteiger partial charge in [-0.15, -0.1) is 11.5 Å². The van der Waals surface area contributed by atoms with E-state index in [1.807, 2.05) is 13.0 Å². The number of rotatable bonds is 2. The van der Waals surface area contributed by atoms with E-state index in [4.69, 9.17) is 0 Å². The van der Waals surface area contributed by atoms with E-state index in [1.165, 1.54) is 6.20 Å². The molecule has 1 radical (unpaired) electrons. The Labute approximate surface area is 150 Å². The zero-order valence-corrected chi connectivity index (χ0v) is 15.4. The second-order valence-corrected chi connectivity index (χ2v) is 6.80. The van der Waals surface area contributed by atoms with Gasteiger partial charge in [-0.25, -0.2) is 12.7 Å². The summed E-state index contributed by atoms with van der Waals surface area (Å²) in [5.41, 5.74) is 0. The summed E-state index contributed by atoms with van der Waals surface area (Å²) in [6, 6.07) is 8.13. The van der Waals surface area contributed by atoms with E-state index in [0.717, 1.165) is 5.39 Å². The van der Waals surface area contributed by atoms with Crippen LogP contribution in [0.3, 0.4) is 0 Å². The molecule has 109 valence electrons. The van der Waals surface area contributed by atoms with Crippen LogP contribution < -0.4 is 5.32 Å². The number of benzene rings is 1. The Morgan fingerprint density at radius 2 is 2.24 bits per heavy atom. The van der Waals surface area contributed by atoms with Crippen molar-refractivity contribution in [3.8, 4) is 0 Å². The minimum absolute atomic E-state index is 0. The average molecular weight is 379 g/mol. The molecule has 1 aliphatic rings. The Balaban J connectivity index is 0.00000161. The van der Waals surface area contributed by atoms with Crippen LogP contribution in [-0.4, -0.2) is 43.4 Å². The molecule has 0 spiro atoms. The molecule has 2 aromatic rings. The van der Waals surface area contributed by atoms with E-state index in [0.29, 0.717) is 29.9 Å². The van der Waals surface area contributed by atoms with Crippen molar-refractivity contribution < 1.29 is 41.1 Å². The van der Waals surface area contributed by atoms with Crippen LogP contribution in [0.5, 0.6) is 0 Å². The average Bonchev–Trinajstić information content (AvgIpc) is 2.47. The molecule has 1 fully saturated rings. The molecule has 5 nitrogen and oxygen atoms in total. The molecule has 0 aliphatic carbocycles. The summed E-state index contributed by atoms with van der Waals surface area (Å²) < 4.78 is 27.3. The van der Waals surface area contributed by atoms with Crippen molar-refractivity contribution in [1.82, 2.24) is 14.6 Å². The van der Waals surface area contributed by atoms with Gasteiger partial charge < -0.3 is 5.32 Å². The van der Waals surface area contributed by atoms with Crippen LogP contribution in [0.1, 0.15) is 6.92 Å². The fourth-order valence-electron chi connectivity index (χ4n) is 2.55. The molecule has 0 saturated carbocycles. The number of hydrogen-bond acceptors (Lipinski definition) is 4. The standard InChI is InChI=1S/C14H16N3O2S.Y/c1-11-9-16-7-8-17(11)20(18,19)14-4-2-3-12-10-15-6-5-13(12)14;/h2-4,6,10-11,16H,7-9H2,1H3;/q-1;/t11-;/m0./s1. The molecule has 1 atom stereocenters. The van der Waals surface area contributed by atoms with Crippen LogP contribution in [0, 0.1) is 6.07 Å². The summed E-state index contributed by atoms with van der Waals surface area (Å²) in [5, 5.41) is 4.59. The molecule has 1 aromatic carbocycles. The van der Waals surface area contributed by atoms with Crippen molar-refractivity contribution in [3.05, 3.63) is 36.7 Å². The third-order valence-electron chi connectivity index (χ3n) is 3.58. The molecule has 2 heterocycles.